The number of hydrogen-bond acceptors (Lipinski definition) is 5. The van der Waals surface area contributed by atoms with Crippen molar-refractivity contribution in [3.8, 4) is 5.75 Å². The Hall–Kier alpha value is -1.89. The SMILES string of the molecule is CCOc1ccc(CN2CCN(Cc3cnn(C)c3)CC2CCO)cc1. The predicted octanol–water partition coefficient (Wildman–Crippen LogP) is 1.89. The normalized spacial score (nSPS) is 19.0. The Bertz CT molecular complexity index is 671. The molecule has 6 heteroatoms. The molecular formula is C20H30N4O2. The summed E-state index contributed by atoms with van der Waals surface area (Å²) in [6.07, 6.45) is 4.82. The monoisotopic (exact) mass is 358 g/mol. The van der Waals surface area contributed by atoms with Gasteiger partial charge in [0.1, 0.15) is 5.75 Å². The fourth-order valence-electron chi connectivity index (χ4n) is 3.64. The second-order valence-corrected chi connectivity index (χ2v) is 6.97. The maximum atomic E-state index is 9.50. The molecule has 1 atom stereocenters. The molecule has 6 nitrogen and oxygen atoms in total. The van der Waals surface area contributed by atoms with E-state index >= 15 is 0 Å². The molecule has 1 N–H and O–H groups in total. The highest BCUT2D eigenvalue weighted by molar-refractivity contribution is 5.27. The molecule has 2 heterocycles. The lowest BCUT2D eigenvalue weighted by molar-refractivity contribution is 0.0499. The van der Waals surface area contributed by atoms with Crippen molar-refractivity contribution < 1.29 is 9.84 Å². The average molecular weight is 358 g/mol. The van der Waals surface area contributed by atoms with Gasteiger partial charge in [-0.1, -0.05) is 12.1 Å². The van der Waals surface area contributed by atoms with E-state index in [9.17, 15) is 5.11 Å². The van der Waals surface area contributed by atoms with Gasteiger partial charge in [0.2, 0.25) is 0 Å². The molecule has 0 bridgehead atoms. The highest BCUT2D eigenvalue weighted by Gasteiger charge is 2.26. The Kier molecular flexibility index (Phi) is 6.66. The van der Waals surface area contributed by atoms with Crippen LogP contribution in [-0.4, -0.2) is 63.6 Å². The third kappa shape index (κ3) is 5.06. The van der Waals surface area contributed by atoms with Gasteiger partial charge in [0.05, 0.1) is 12.8 Å². The molecule has 1 saturated heterocycles. The minimum atomic E-state index is 0.227. The molecule has 1 aromatic heterocycles. The molecule has 1 fully saturated rings. The van der Waals surface area contributed by atoms with Crippen molar-refractivity contribution in [2.24, 2.45) is 7.05 Å². The first-order chi connectivity index (χ1) is 12.7. The topological polar surface area (TPSA) is 53.8 Å². The minimum absolute atomic E-state index is 0.227. The van der Waals surface area contributed by atoms with Crippen molar-refractivity contribution in [2.45, 2.75) is 32.5 Å². The van der Waals surface area contributed by atoms with Crippen LogP contribution in [0.1, 0.15) is 24.5 Å². The first-order valence-electron chi connectivity index (χ1n) is 9.44. The zero-order chi connectivity index (χ0) is 18.4. The highest BCUT2D eigenvalue weighted by atomic mass is 16.5. The summed E-state index contributed by atoms with van der Waals surface area (Å²) in [5.74, 6) is 0.921. The van der Waals surface area contributed by atoms with E-state index in [1.165, 1.54) is 11.1 Å². The largest absolute Gasteiger partial charge is 0.494 e. The molecule has 1 unspecified atom stereocenters. The molecule has 0 saturated carbocycles. The Morgan fingerprint density at radius 3 is 2.62 bits per heavy atom. The lowest BCUT2D eigenvalue weighted by Gasteiger charge is -2.41. The van der Waals surface area contributed by atoms with Crippen LogP contribution in [0.2, 0.25) is 0 Å². The van der Waals surface area contributed by atoms with E-state index in [0.717, 1.165) is 44.9 Å². The lowest BCUT2D eigenvalue weighted by Crippen LogP contribution is -2.52. The van der Waals surface area contributed by atoms with Gasteiger partial charge < -0.3 is 9.84 Å². The van der Waals surface area contributed by atoms with Crippen LogP contribution in [0.15, 0.2) is 36.7 Å². The van der Waals surface area contributed by atoms with Crippen LogP contribution in [-0.2, 0) is 20.1 Å². The molecular weight excluding hydrogens is 328 g/mol. The number of hydrogen-bond donors (Lipinski definition) is 1. The van der Waals surface area contributed by atoms with Gasteiger partial charge in [-0.15, -0.1) is 0 Å². The highest BCUT2D eigenvalue weighted by Crippen LogP contribution is 2.20. The summed E-state index contributed by atoms with van der Waals surface area (Å²) in [6.45, 7) is 7.78. The van der Waals surface area contributed by atoms with Gasteiger partial charge in [0, 0.05) is 64.2 Å². The number of aromatic nitrogens is 2. The number of aliphatic hydroxyl groups excluding tert-OH is 1. The number of piperazine rings is 1. The number of aryl methyl sites for hydroxylation is 1. The molecule has 26 heavy (non-hydrogen) atoms. The average Bonchev–Trinajstić information content (AvgIpc) is 3.04. The Balaban J connectivity index is 1.59. The Morgan fingerprint density at radius 1 is 1.15 bits per heavy atom. The van der Waals surface area contributed by atoms with Crippen LogP contribution in [0.3, 0.4) is 0 Å². The molecule has 1 aromatic carbocycles. The predicted molar refractivity (Wildman–Crippen MR) is 102 cm³/mol. The summed E-state index contributed by atoms with van der Waals surface area (Å²) >= 11 is 0. The molecule has 0 amide bonds. The molecule has 142 valence electrons. The van der Waals surface area contributed by atoms with Crippen LogP contribution in [0.4, 0.5) is 0 Å². The number of ether oxygens (including phenoxy) is 1. The number of benzene rings is 1. The van der Waals surface area contributed by atoms with Crippen LogP contribution in [0.25, 0.3) is 0 Å². The summed E-state index contributed by atoms with van der Waals surface area (Å²) < 4.78 is 7.37. The zero-order valence-electron chi connectivity index (χ0n) is 15.8. The van der Waals surface area contributed by atoms with E-state index in [4.69, 9.17) is 4.74 Å². The van der Waals surface area contributed by atoms with Crippen LogP contribution < -0.4 is 4.74 Å². The zero-order valence-corrected chi connectivity index (χ0v) is 15.8. The van der Waals surface area contributed by atoms with Crippen molar-refractivity contribution in [3.05, 3.63) is 47.8 Å². The number of nitrogens with zero attached hydrogens (tertiary/aromatic N) is 4. The van der Waals surface area contributed by atoms with Gasteiger partial charge in [-0.05, 0) is 31.0 Å². The van der Waals surface area contributed by atoms with Crippen LogP contribution in [0, 0.1) is 0 Å². The summed E-state index contributed by atoms with van der Waals surface area (Å²) in [5, 5.41) is 13.8. The third-order valence-electron chi connectivity index (χ3n) is 4.94. The van der Waals surface area contributed by atoms with Crippen molar-refractivity contribution in [2.75, 3.05) is 32.8 Å². The lowest BCUT2D eigenvalue weighted by atomic mass is 10.1. The van der Waals surface area contributed by atoms with Gasteiger partial charge in [0.25, 0.3) is 0 Å². The summed E-state index contributed by atoms with van der Waals surface area (Å²) in [7, 11) is 1.95. The molecule has 0 spiro atoms. The fraction of sp³-hybridized carbons (Fsp3) is 0.550. The van der Waals surface area contributed by atoms with E-state index in [-0.39, 0.29) is 6.61 Å². The first kappa shape index (κ1) is 18.9. The molecule has 0 aliphatic carbocycles. The molecule has 1 aliphatic heterocycles. The van der Waals surface area contributed by atoms with E-state index in [2.05, 4.69) is 33.2 Å². The second-order valence-electron chi connectivity index (χ2n) is 6.97. The van der Waals surface area contributed by atoms with Crippen molar-refractivity contribution in [1.29, 1.82) is 0 Å². The fourth-order valence-corrected chi connectivity index (χ4v) is 3.64. The van der Waals surface area contributed by atoms with E-state index in [1.807, 2.05) is 37.0 Å². The standard InChI is InChI=1S/C20H30N4O2/c1-3-26-20-6-4-17(5-7-20)15-24-10-9-23(16-19(24)8-11-25)14-18-12-21-22(2)13-18/h4-7,12-13,19,25H,3,8-11,14-16H2,1-2H3. The Morgan fingerprint density at radius 2 is 1.96 bits per heavy atom. The molecule has 1 aliphatic rings. The summed E-state index contributed by atoms with van der Waals surface area (Å²) in [5.41, 5.74) is 2.53. The first-order valence-corrected chi connectivity index (χ1v) is 9.44. The minimum Gasteiger partial charge on any atom is -0.494 e. The molecule has 2 aromatic rings. The van der Waals surface area contributed by atoms with Gasteiger partial charge in [-0.25, -0.2) is 0 Å². The van der Waals surface area contributed by atoms with Crippen molar-refractivity contribution in [3.63, 3.8) is 0 Å². The summed E-state index contributed by atoms with van der Waals surface area (Å²) in [6, 6.07) is 8.74. The quantitative estimate of drug-likeness (QED) is 0.781. The number of rotatable bonds is 8. The van der Waals surface area contributed by atoms with Crippen molar-refractivity contribution >= 4 is 0 Å². The van der Waals surface area contributed by atoms with Gasteiger partial charge >= 0.3 is 0 Å². The second kappa shape index (κ2) is 9.16. The smallest absolute Gasteiger partial charge is 0.119 e. The van der Waals surface area contributed by atoms with E-state index < -0.39 is 0 Å². The number of aliphatic hydroxyl groups is 1. The summed E-state index contributed by atoms with van der Waals surface area (Å²) in [4.78, 5) is 4.96. The van der Waals surface area contributed by atoms with Gasteiger partial charge in [-0.2, -0.15) is 5.10 Å². The molecule has 0 radical (unpaired) electrons. The maximum Gasteiger partial charge on any atom is 0.119 e. The van der Waals surface area contributed by atoms with E-state index in [0.29, 0.717) is 12.6 Å². The maximum absolute atomic E-state index is 9.50. The van der Waals surface area contributed by atoms with Gasteiger partial charge in [0.15, 0.2) is 0 Å². The van der Waals surface area contributed by atoms with Crippen molar-refractivity contribution in [1.82, 2.24) is 19.6 Å². The van der Waals surface area contributed by atoms with Crippen LogP contribution in [0.5, 0.6) is 5.75 Å². The van der Waals surface area contributed by atoms with E-state index in [1.54, 1.807) is 0 Å². The Labute approximate surface area is 156 Å². The van der Waals surface area contributed by atoms with Gasteiger partial charge in [-0.3, -0.25) is 14.5 Å². The third-order valence-corrected chi connectivity index (χ3v) is 4.94. The molecule has 3 rings (SSSR count). The van der Waals surface area contributed by atoms with Crippen LogP contribution >= 0.6 is 0 Å².